The van der Waals surface area contributed by atoms with E-state index in [0.717, 1.165) is 6.42 Å². The molecular weight excluding hydrogens is 332 g/mol. The van der Waals surface area contributed by atoms with E-state index in [4.69, 9.17) is 15.2 Å². The van der Waals surface area contributed by atoms with Crippen LogP contribution in [0.5, 0.6) is 0 Å². The molecule has 0 bridgehead atoms. The molecule has 2 unspecified atom stereocenters. The quantitative estimate of drug-likeness (QED) is 0.647. The number of carbonyl (C=O) groups excluding carboxylic acids is 2. The Morgan fingerprint density at radius 1 is 1.08 bits per heavy atom. The van der Waals surface area contributed by atoms with Gasteiger partial charge in [-0.25, -0.2) is 0 Å². The third kappa shape index (κ3) is 4.90. The summed E-state index contributed by atoms with van der Waals surface area (Å²) in [6, 6.07) is 6.95. The molecule has 0 aliphatic carbocycles. The number of imide groups is 1. The van der Waals surface area contributed by atoms with Gasteiger partial charge in [-0.15, -0.1) is 0 Å². The van der Waals surface area contributed by atoms with E-state index < -0.39 is 0 Å². The molecule has 0 fully saturated rings. The molecule has 6 nitrogen and oxygen atoms in total. The molecule has 144 valence electrons. The fraction of sp³-hybridized carbons (Fsp3) is 0.600. The molecule has 6 heteroatoms. The van der Waals surface area contributed by atoms with Crippen LogP contribution in [0.2, 0.25) is 0 Å². The van der Waals surface area contributed by atoms with Crippen molar-refractivity contribution in [2.24, 2.45) is 11.7 Å². The molecule has 1 aliphatic heterocycles. The third-order valence-corrected chi connectivity index (χ3v) is 4.85. The van der Waals surface area contributed by atoms with Crippen LogP contribution in [0.25, 0.3) is 0 Å². The van der Waals surface area contributed by atoms with E-state index in [1.165, 1.54) is 4.90 Å². The molecule has 1 aliphatic rings. The number of benzene rings is 1. The van der Waals surface area contributed by atoms with Crippen molar-refractivity contribution in [2.45, 2.75) is 45.8 Å². The average Bonchev–Trinajstić information content (AvgIpc) is 2.85. The van der Waals surface area contributed by atoms with Gasteiger partial charge in [0, 0.05) is 25.6 Å². The average molecular weight is 362 g/mol. The van der Waals surface area contributed by atoms with E-state index in [9.17, 15) is 9.59 Å². The smallest absolute Gasteiger partial charge is 0.261 e. The highest BCUT2D eigenvalue weighted by Crippen LogP contribution is 2.24. The first-order valence-corrected chi connectivity index (χ1v) is 9.17. The van der Waals surface area contributed by atoms with Crippen LogP contribution in [0.15, 0.2) is 24.3 Å². The first-order chi connectivity index (χ1) is 12.3. The zero-order valence-electron chi connectivity index (χ0n) is 16.2. The van der Waals surface area contributed by atoms with Gasteiger partial charge < -0.3 is 15.2 Å². The molecule has 0 radical (unpaired) electrons. The predicted octanol–water partition coefficient (Wildman–Crippen LogP) is 2.47. The molecule has 26 heavy (non-hydrogen) atoms. The van der Waals surface area contributed by atoms with E-state index >= 15 is 0 Å². The van der Waals surface area contributed by atoms with Crippen LogP contribution in [-0.4, -0.2) is 54.7 Å². The second-order valence-corrected chi connectivity index (χ2v) is 7.47. The summed E-state index contributed by atoms with van der Waals surface area (Å²) in [5.74, 6) is -0.410. The highest BCUT2D eigenvalue weighted by molar-refractivity contribution is 6.21. The fourth-order valence-corrected chi connectivity index (χ4v) is 2.90. The van der Waals surface area contributed by atoms with Crippen LogP contribution in [-0.2, 0) is 9.47 Å². The summed E-state index contributed by atoms with van der Waals surface area (Å²) in [5.41, 5.74) is 6.15. The number of carbonyl (C=O) groups is 2. The normalized spacial score (nSPS) is 16.7. The van der Waals surface area contributed by atoms with Crippen molar-refractivity contribution in [3.05, 3.63) is 35.4 Å². The van der Waals surface area contributed by atoms with Gasteiger partial charge >= 0.3 is 0 Å². The van der Waals surface area contributed by atoms with Gasteiger partial charge in [-0.2, -0.15) is 0 Å². The number of nitrogens with two attached hydrogens (primary N) is 1. The SMILES string of the molecule is CC(CN1C(=O)c2ccccc2C1=O)C(C)OCCC(C)(C)OCCN. The summed E-state index contributed by atoms with van der Waals surface area (Å²) in [7, 11) is 0. The van der Waals surface area contributed by atoms with E-state index in [0.29, 0.717) is 37.4 Å². The molecule has 0 spiro atoms. The summed E-state index contributed by atoms with van der Waals surface area (Å²) in [5, 5.41) is 0. The van der Waals surface area contributed by atoms with Gasteiger partial charge in [0.1, 0.15) is 0 Å². The highest BCUT2D eigenvalue weighted by atomic mass is 16.5. The Balaban J connectivity index is 1.83. The highest BCUT2D eigenvalue weighted by Gasteiger charge is 2.36. The lowest BCUT2D eigenvalue weighted by Crippen LogP contribution is -2.38. The predicted molar refractivity (Wildman–Crippen MR) is 100 cm³/mol. The minimum Gasteiger partial charge on any atom is -0.378 e. The van der Waals surface area contributed by atoms with Crippen LogP contribution in [0.4, 0.5) is 0 Å². The molecule has 0 aromatic heterocycles. The molecule has 2 atom stereocenters. The molecule has 2 amide bonds. The van der Waals surface area contributed by atoms with Crippen molar-refractivity contribution in [1.82, 2.24) is 4.90 Å². The maximum absolute atomic E-state index is 12.4. The number of amides is 2. The summed E-state index contributed by atoms with van der Waals surface area (Å²) in [6.07, 6.45) is 0.668. The lowest BCUT2D eigenvalue weighted by atomic mass is 10.0. The molecule has 0 saturated carbocycles. The van der Waals surface area contributed by atoms with Gasteiger partial charge in [-0.1, -0.05) is 19.1 Å². The van der Waals surface area contributed by atoms with Gasteiger partial charge in [0.25, 0.3) is 11.8 Å². The number of nitrogens with zero attached hydrogens (tertiary/aromatic N) is 1. The number of fused-ring (bicyclic) bond motifs is 1. The second kappa shape index (κ2) is 8.75. The summed E-state index contributed by atoms with van der Waals surface area (Å²) in [6.45, 7) is 9.90. The second-order valence-electron chi connectivity index (χ2n) is 7.47. The van der Waals surface area contributed by atoms with Gasteiger partial charge in [0.2, 0.25) is 0 Å². The Morgan fingerprint density at radius 3 is 2.19 bits per heavy atom. The van der Waals surface area contributed by atoms with Crippen molar-refractivity contribution in [3.63, 3.8) is 0 Å². The number of hydrogen-bond donors (Lipinski definition) is 1. The molecule has 1 aromatic carbocycles. The molecule has 0 saturated heterocycles. The van der Waals surface area contributed by atoms with Crippen molar-refractivity contribution in [1.29, 1.82) is 0 Å². The van der Waals surface area contributed by atoms with E-state index in [1.807, 2.05) is 27.7 Å². The van der Waals surface area contributed by atoms with Crippen LogP contribution in [0.1, 0.15) is 54.8 Å². The molecular formula is C20H30N2O4. The minimum absolute atomic E-state index is 0.0327. The van der Waals surface area contributed by atoms with Crippen molar-refractivity contribution in [2.75, 3.05) is 26.3 Å². The van der Waals surface area contributed by atoms with Gasteiger partial charge in [-0.05, 0) is 39.3 Å². The Morgan fingerprint density at radius 2 is 1.65 bits per heavy atom. The Hall–Kier alpha value is -1.76. The third-order valence-electron chi connectivity index (χ3n) is 4.85. The van der Waals surface area contributed by atoms with Crippen molar-refractivity contribution in [3.8, 4) is 0 Å². The fourth-order valence-electron chi connectivity index (χ4n) is 2.90. The lowest BCUT2D eigenvalue weighted by Gasteiger charge is -2.28. The summed E-state index contributed by atoms with van der Waals surface area (Å²) >= 11 is 0. The number of rotatable bonds is 10. The van der Waals surface area contributed by atoms with E-state index in [1.54, 1.807) is 24.3 Å². The monoisotopic (exact) mass is 362 g/mol. The van der Waals surface area contributed by atoms with Crippen LogP contribution < -0.4 is 5.73 Å². The van der Waals surface area contributed by atoms with Crippen LogP contribution in [0, 0.1) is 5.92 Å². The zero-order valence-corrected chi connectivity index (χ0v) is 16.2. The summed E-state index contributed by atoms with van der Waals surface area (Å²) in [4.78, 5) is 26.2. The summed E-state index contributed by atoms with van der Waals surface area (Å²) < 4.78 is 11.6. The lowest BCUT2D eigenvalue weighted by molar-refractivity contribution is -0.0535. The van der Waals surface area contributed by atoms with Gasteiger partial charge in [-0.3, -0.25) is 14.5 Å². The molecule has 2 N–H and O–H groups in total. The number of ether oxygens (including phenoxy) is 2. The minimum atomic E-state index is -0.287. The maximum Gasteiger partial charge on any atom is 0.261 e. The van der Waals surface area contributed by atoms with Crippen LogP contribution in [0.3, 0.4) is 0 Å². The Bertz CT molecular complexity index is 609. The first-order valence-electron chi connectivity index (χ1n) is 9.17. The Labute approximate surface area is 155 Å². The topological polar surface area (TPSA) is 81.9 Å². The molecule has 2 rings (SSSR count). The van der Waals surface area contributed by atoms with Gasteiger partial charge in [0.05, 0.1) is 29.4 Å². The first kappa shape index (κ1) is 20.6. The molecule has 1 heterocycles. The zero-order chi connectivity index (χ0) is 19.3. The van der Waals surface area contributed by atoms with E-state index in [2.05, 4.69) is 0 Å². The van der Waals surface area contributed by atoms with Gasteiger partial charge in [0.15, 0.2) is 0 Å². The number of hydrogen-bond acceptors (Lipinski definition) is 5. The van der Waals surface area contributed by atoms with E-state index in [-0.39, 0.29) is 29.4 Å². The Kier molecular flexibility index (Phi) is 6.92. The van der Waals surface area contributed by atoms with Crippen LogP contribution >= 0.6 is 0 Å². The standard InChI is InChI=1S/C20H30N2O4/c1-14(15(2)25-11-9-20(3,4)26-12-10-21)13-22-18(23)16-7-5-6-8-17(16)19(22)24/h5-8,14-15H,9-13,21H2,1-4H3. The van der Waals surface area contributed by atoms with Crippen molar-refractivity contribution < 1.29 is 19.1 Å². The maximum atomic E-state index is 12.4. The molecule has 1 aromatic rings. The van der Waals surface area contributed by atoms with Crippen molar-refractivity contribution >= 4 is 11.8 Å². The largest absolute Gasteiger partial charge is 0.378 e.